The Hall–Kier alpha value is -2.14. The van der Waals surface area contributed by atoms with Gasteiger partial charge >= 0.3 is 0 Å². The zero-order valence-corrected chi connectivity index (χ0v) is 11.9. The molecule has 0 heterocycles. The smallest absolute Gasteiger partial charge is 0.167 e. The van der Waals surface area contributed by atoms with Crippen molar-refractivity contribution in [1.29, 1.82) is 0 Å². The maximum Gasteiger partial charge on any atom is 0.167 e. The molecule has 0 radical (unpaired) electrons. The lowest BCUT2D eigenvalue weighted by molar-refractivity contribution is 0.0363. The fourth-order valence-corrected chi connectivity index (χ4v) is 1.68. The van der Waals surface area contributed by atoms with E-state index in [1.165, 1.54) is 0 Å². The van der Waals surface area contributed by atoms with Crippen LogP contribution in [-0.4, -0.2) is 5.11 Å². The summed E-state index contributed by atoms with van der Waals surface area (Å²) < 4.78 is 6.04. The van der Waals surface area contributed by atoms with E-state index in [-0.39, 0.29) is 5.75 Å². The molecule has 0 fully saturated rings. The van der Waals surface area contributed by atoms with Crippen molar-refractivity contribution in [2.45, 2.75) is 33.3 Å². The highest BCUT2D eigenvalue weighted by Crippen LogP contribution is 2.29. The topological polar surface area (TPSA) is 29.5 Å². The molecule has 0 spiro atoms. The number of ether oxygens (including phenoxy) is 1. The summed E-state index contributed by atoms with van der Waals surface area (Å²) in [5, 5.41) is 9.25. The van der Waals surface area contributed by atoms with Crippen molar-refractivity contribution in [3.63, 3.8) is 0 Å². The first-order chi connectivity index (χ1) is 8.90. The lowest BCUT2D eigenvalue weighted by Crippen LogP contribution is -2.21. The van der Waals surface area contributed by atoms with Crippen LogP contribution in [0.2, 0.25) is 0 Å². The summed E-state index contributed by atoms with van der Waals surface area (Å²) in [5.74, 6) is 0.875. The monoisotopic (exact) mass is 256 g/mol. The minimum atomic E-state index is -0.553. The zero-order chi connectivity index (χ0) is 14.5. The molecule has 0 aliphatic rings. The highest BCUT2D eigenvalue weighted by Gasteiger charge is 2.24. The van der Waals surface area contributed by atoms with Crippen molar-refractivity contribution in [2.75, 3.05) is 0 Å². The molecular weight excluding hydrogens is 236 g/mol. The number of hydrogen-bond acceptors (Lipinski definition) is 2. The van der Waals surface area contributed by atoms with E-state index in [2.05, 4.69) is 18.7 Å². The van der Waals surface area contributed by atoms with Gasteiger partial charge in [-0.3, -0.25) is 0 Å². The Morgan fingerprint density at radius 2 is 2.05 bits per heavy atom. The second kappa shape index (κ2) is 6.15. The van der Waals surface area contributed by atoms with Crippen LogP contribution in [0.25, 0.3) is 0 Å². The molecule has 2 nitrogen and oxygen atoms in total. The molecule has 1 rings (SSSR count). The van der Waals surface area contributed by atoms with Gasteiger partial charge in [-0.15, -0.1) is 0 Å². The molecule has 1 aromatic carbocycles. The van der Waals surface area contributed by atoms with E-state index in [1.54, 1.807) is 18.2 Å². The van der Waals surface area contributed by atoms with Crippen molar-refractivity contribution >= 4 is 0 Å². The van der Waals surface area contributed by atoms with Crippen LogP contribution in [0.5, 0.6) is 5.75 Å². The molecule has 0 unspecified atom stereocenters. The van der Waals surface area contributed by atoms with Crippen molar-refractivity contribution in [3.05, 3.63) is 66.0 Å². The summed E-state index contributed by atoms with van der Waals surface area (Å²) >= 11 is 0. The molecule has 100 valence electrons. The summed E-state index contributed by atoms with van der Waals surface area (Å²) in [6.07, 6.45) is 5.55. The number of rotatable bonds is 5. The van der Waals surface area contributed by atoms with E-state index in [0.29, 0.717) is 0 Å². The first kappa shape index (κ1) is 14.9. The summed E-state index contributed by atoms with van der Waals surface area (Å²) in [4.78, 5) is 0. The van der Waals surface area contributed by atoms with Gasteiger partial charge < -0.3 is 9.84 Å². The van der Waals surface area contributed by atoms with Crippen molar-refractivity contribution in [2.24, 2.45) is 0 Å². The van der Waals surface area contributed by atoms with Crippen LogP contribution >= 0.6 is 0 Å². The Kier molecular flexibility index (Phi) is 4.83. The highest BCUT2D eigenvalue weighted by molar-refractivity contribution is 5.29. The Balaban J connectivity index is 2.98. The molecule has 0 bridgehead atoms. The first-order valence-electron chi connectivity index (χ1n) is 6.19. The van der Waals surface area contributed by atoms with Gasteiger partial charge in [-0.25, -0.2) is 0 Å². The van der Waals surface area contributed by atoms with Gasteiger partial charge in [0.15, 0.2) is 5.75 Å². The molecule has 0 aromatic heterocycles. The predicted molar refractivity (Wildman–Crippen MR) is 77.6 cm³/mol. The number of aromatic hydroxyl groups is 1. The molecular formula is C17H20O2. The molecule has 0 aliphatic heterocycles. The summed E-state index contributed by atoms with van der Waals surface area (Å²) in [6.45, 7) is 11.5. The summed E-state index contributed by atoms with van der Waals surface area (Å²) in [5.41, 5.74) is 1.28. The predicted octanol–water partition coefficient (Wildman–Crippen LogP) is 4.28. The van der Waals surface area contributed by atoms with Gasteiger partial charge in [-0.05, 0) is 57.5 Å². The van der Waals surface area contributed by atoms with Gasteiger partial charge in [0.2, 0.25) is 0 Å². The van der Waals surface area contributed by atoms with Crippen LogP contribution in [0, 0.1) is 12.1 Å². The van der Waals surface area contributed by atoms with Crippen molar-refractivity contribution in [1.82, 2.24) is 0 Å². The standard InChI is InChI=1S/C17H20O2/c1-6-8-13(3)16(7-2)19-17(4,5)14-9-11-15(18)12-10-14/h6-9,11,18H,1H2,2-5H3/b13-8-,16-7+. The summed E-state index contributed by atoms with van der Waals surface area (Å²) in [7, 11) is 0. The van der Waals surface area contributed by atoms with Crippen molar-refractivity contribution in [3.8, 4) is 5.75 Å². The maximum atomic E-state index is 9.25. The Labute approximate surface area is 115 Å². The lowest BCUT2D eigenvalue weighted by Gasteiger charge is -2.27. The van der Waals surface area contributed by atoms with Crippen LogP contribution < -0.4 is 0 Å². The lowest BCUT2D eigenvalue weighted by atomic mass is 9.99. The third kappa shape index (κ3) is 3.93. The second-order valence-corrected chi connectivity index (χ2v) is 4.73. The molecule has 0 atom stereocenters. The molecule has 0 aliphatic carbocycles. The maximum absolute atomic E-state index is 9.25. The van der Waals surface area contributed by atoms with Gasteiger partial charge in [-0.2, -0.15) is 0 Å². The van der Waals surface area contributed by atoms with E-state index in [0.717, 1.165) is 16.9 Å². The van der Waals surface area contributed by atoms with Gasteiger partial charge in [0.25, 0.3) is 0 Å². The average molecular weight is 256 g/mol. The molecule has 19 heavy (non-hydrogen) atoms. The third-order valence-corrected chi connectivity index (χ3v) is 2.77. The van der Waals surface area contributed by atoms with Crippen LogP contribution in [0.4, 0.5) is 0 Å². The van der Waals surface area contributed by atoms with E-state index in [9.17, 15) is 5.11 Å². The minimum Gasteiger partial charge on any atom is -0.501 e. The quantitative estimate of drug-likeness (QED) is 0.629. The molecule has 0 amide bonds. The van der Waals surface area contributed by atoms with E-state index < -0.39 is 5.60 Å². The molecule has 0 saturated carbocycles. The van der Waals surface area contributed by atoms with E-state index in [4.69, 9.17) is 4.74 Å². The largest absolute Gasteiger partial charge is 0.501 e. The van der Waals surface area contributed by atoms with Gasteiger partial charge in [0.05, 0.1) is 0 Å². The second-order valence-electron chi connectivity index (χ2n) is 4.73. The van der Waals surface area contributed by atoms with Crippen molar-refractivity contribution < 1.29 is 9.84 Å². The van der Waals surface area contributed by atoms with Crippen LogP contribution in [-0.2, 0) is 10.3 Å². The third-order valence-electron chi connectivity index (χ3n) is 2.77. The first-order valence-corrected chi connectivity index (χ1v) is 6.19. The van der Waals surface area contributed by atoms with E-state index in [1.807, 2.05) is 39.8 Å². The van der Waals surface area contributed by atoms with Gasteiger partial charge in [0.1, 0.15) is 11.4 Å². The van der Waals surface area contributed by atoms with Crippen LogP contribution in [0.1, 0.15) is 33.3 Å². The zero-order valence-electron chi connectivity index (χ0n) is 11.9. The van der Waals surface area contributed by atoms with Crippen LogP contribution in [0.3, 0.4) is 0 Å². The Bertz CT molecular complexity index is 490. The number of hydrogen-bond donors (Lipinski definition) is 1. The minimum absolute atomic E-state index is 0.0774. The SMILES string of the molecule is C=C/C=C(C)\C(=C/C)OC(C)(C)c1c#cc(O)cc1. The molecule has 0 saturated heterocycles. The van der Waals surface area contributed by atoms with Crippen LogP contribution in [0.15, 0.2) is 48.3 Å². The fraction of sp³-hybridized carbons (Fsp3) is 0.294. The average Bonchev–Trinajstić information content (AvgIpc) is 2.36. The summed E-state index contributed by atoms with van der Waals surface area (Å²) in [6, 6.07) is 8.93. The Morgan fingerprint density at radius 1 is 1.37 bits per heavy atom. The fourth-order valence-electron chi connectivity index (χ4n) is 1.68. The van der Waals surface area contributed by atoms with Gasteiger partial charge in [0, 0.05) is 5.56 Å². The number of allylic oxidation sites excluding steroid dienone is 4. The van der Waals surface area contributed by atoms with Gasteiger partial charge in [-0.1, -0.05) is 24.8 Å². The molecule has 1 aromatic rings. The highest BCUT2D eigenvalue weighted by atomic mass is 16.5. The van der Waals surface area contributed by atoms with E-state index >= 15 is 0 Å². The Morgan fingerprint density at radius 3 is 2.53 bits per heavy atom. The normalized spacial score (nSPS) is 12.8. The molecule has 1 N–H and O–H groups in total. The molecule has 2 heteroatoms.